The van der Waals surface area contributed by atoms with Crippen LogP contribution in [-0.2, 0) is 28.6 Å². The number of rotatable bonds is 61. The van der Waals surface area contributed by atoms with E-state index in [1.54, 1.807) is 0 Å². The minimum atomic E-state index is -0.785. The summed E-state index contributed by atoms with van der Waals surface area (Å²) in [5.41, 5.74) is 0. The van der Waals surface area contributed by atoms with Crippen molar-refractivity contribution in [3.05, 3.63) is 72.9 Å². The monoisotopic (exact) mass is 1070 g/mol. The Morgan fingerprint density at radius 2 is 0.468 bits per heavy atom. The summed E-state index contributed by atoms with van der Waals surface area (Å²) in [6, 6.07) is 0. The molecule has 446 valence electrons. The largest absolute Gasteiger partial charge is 0.462 e. The van der Waals surface area contributed by atoms with E-state index in [1.165, 1.54) is 212 Å². The Bertz CT molecular complexity index is 1420. The molecule has 0 aliphatic rings. The van der Waals surface area contributed by atoms with E-state index in [2.05, 4.69) is 93.7 Å². The van der Waals surface area contributed by atoms with Gasteiger partial charge in [-0.25, -0.2) is 0 Å². The van der Waals surface area contributed by atoms with Gasteiger partial charge < -0.3 is 14.2 Å². The van der Waals surface area contributed by atoms with Gasteiger partial charge in [-0.1, -0.05) is 280 Å². The van der Waals surface area contributed by atoms with Gasteiger partial charge in [-0.15, -0.1) is 0 Å². The Hall–Kier alpha value is -3.15. The van der Waals surface area contributed by atoms with Gasteiger partial charge in [-0.05, 0) is 116 Å². The molecular weight excluding hydrogens is 949 g/mol. The van der Waals surface area contributed by atoms with Crippen LogP contribution in [0.5, 0.6) is 0 Å². The highest BCUT2D eigenvalue weighted by molar-refractivity contribution is 5.71. The lowest BCUT2D eigenvalue weighted by atomic mass is 10.0. The van der Waals surface area contributed by atoms with Crippen molar-refractivity contribution in [2.75, 3.05) is 13.2 Å². The Morgan fingerprint density at radius 1 is 0.260 bits per heavy atom. The third-order valence-corrected chi connectivity index (χ3v) is 14.7. The summed E-state index contributed by atoms with van der Waals surface area (Å²) in [6.45, 7) is 6.61. The molecule has 0 aromatic heterocycles. The lowest BCUT2D eigenvalue weighted by Gasteiger charge is -2.18. The van der Waals surface area contributed by atoms with Crippen molar-refractivity contribution in [2.24, 2.45) is 0 Å². The fraction of sp³-hybridized carbons (Fsp3) is 0.789. The summed E-state index contributed by atoms with van der Waals surface area (Å²) in [6.07, 6.45) is 84.8. The predicted octanol–water partition coefficient (Wildman–Crippen LogP) is 22.9. The maximum absolute atomic E-state index is 12.9. The van der Waals surface area contributed by atoms with Crippen molar-refractivity contribution in [3.63, 3.8) is 0 Å². The summed E-state index contributed by atoms with van der Waals surface area (Å²) in [5, 5.41) is 0. The molecular formula is C71H126O6. The molecule has 0 fully saturated rings. The first kappa shape index (κ1) is 73.8. The molecule has 77 heavy (non-hydrogen) atoms. The maximum atomic E-state index is 12.9. The SMILES string of the molecule is CCCCC/C=C\C/C=C\CCCCCCCCCC(=O)OCC(COC(=O)CCCCCCCCCCCCCCC/C=C\C/C=C\CCCCCCC)OC(=O)CCCCCCCCC/C=C\C/C=C\CCCCC. The van der Waals surface area contributed by atoms with Gasteiger partial charge >= 0.3 is 17.9 Å². The van der Waals surface area contributed by atoms with Crippen LogP contribution in [0, 0.1) is 0 Å². The standard InChI is InChI=1S/C71H126O6/c1-4-7-10-13-16-19-22-25-28-31-32-33-34-35-36-37-38-41-43-46-49-52-55-58-61-64-70(73)76-67-68(77-71(74)65-62-59-56-53-50-47-44-40-30-27-24-21-18-15-12-9-6-3)66-75-69(72)63-60-57-54-51-48-45-42-39-29-26-23-20-17-14-11-8-5-2/h17-18,20-22,25-27,29-32,68H,4-16,19,23-24,28,33-67H2,1-3H3/b20-17-,21-18-,25-22-,29-26-,30-27-,32-31-. The van der Waals surface area contributed by atoms with Crippen LogP contribution in [-0.4, -0.2) is 37.2 Å². The van der Waals surface area contributed by atoms with Crippen LogP contribution in [0.1, 0.15) is 342 Å². The van der Waals surface area contributed by atoms with Crippen LogP contribution in [0.4, 0.5) is 0 Å². The van der Waals surface area contributed by atoms with E-state index < -0.39 is 6.10 Å². The van der Waals surface area contributed by atoms with Crippen LogP contribution >= 0.6 is 0 Å². The normalized spacial score (nSPS) is 12.5. The second kappa shape index (κ2) is 65.4. The maximum Gasteiger partial charge on any atom is 0.306 e. The van der Waals surface area contributed by atoms with Crippen molar-refractivity contribution < 1.29 is 28.6 Å². The van der Waals surface area contributed by atoms with Gasteiger partial charge in [0.1, 0.15) is 13.2 Å². The van der Waals surface area contributed by atoms with E-state index in [0.717, 1.165) is 89.9 Å². The second-order valence-electron chi connectivity index (χ2n) is 22.4. The lowest BCUT2D eigenvalue weighted by molar-refractivity contribution is -0.167. The van der Waals surface area contributed by atoms with E-state index >= 15 is 0 Å². The first-order valence-corrected chi connectivity index (χ1v) is 33.4. The van der Waals surface area contributed by atoms with Crippen molar-refractivity contribution in [3.8, 4) is 0 Å². The summed E-state index contributed by atoms with van der Waals surface area (Å²) in [7, 11) is 0. The van der Waals surface area contributed by atoms with Gasteiger partial charge in [0.15, 0.2) is 6.10 Å². The summed E-state index contributed by atoms with van der Waals surface area (Å²) in [4.78, 5) is 38.4. The lowest BCUT2D eigenvalue weighted by Crippen LogP contribution is -2.30. The van der Waals surface area contributed by atoms with Crippen molar-refractivity contribution in [2.45, 2.75) is 348 Å². The van der Waals surface area contributed by atoms with Crippen LogP contribution in [0.3, 0.4) is 0 Å². The minimum Gasteiger partial charge on any atom is -0.462 e. The number of hydrogen-bond donors (Lipinski definition) is 0. The molecule has 1 atom stereocenters. The van der Waals surface area contributed by atoms with Crippen molar-refractivity contribution >= 4 is 17.9 Å². The van der Waals surface area contributed by atoms with Crippen LogP contribution in [0.2, 0.25) is 0 Å². The van der Waals surface area contributed by atoms with Crippen molar-refractivity contribution in [1.29, 1.82) is 0 Å². The molecule has 1 unspecified atom stereocenters. The van der Waals surface area contributed by atoms with Gasteiger partial charge in [-0.3, -0.25) is 14.4 Å². The first-order chi connectivity index (χ1) is 38.0. The van der Waals surface area contributed by atoms with Gasteiger partial charge in [0.25, 0.3) is 0 Å². The van der Waals surface area contributed by atoms with E-state index in [9.17, 15) is 14.4 Å². The number of hydrogen-bond acceptors (Lipinski definition) is 6. The number of esters is 3. The highest BCUT2D eigenvalue weighted by Crippen LogP contribution is 2.17. The Balaban J connectivity index is 4.33. The van der Waals surface area contributed by atoms with Crippen LogP contribution in [0.25, 0.3) is 0 Å². The molecule has 0 rings (SSSR count). The average molecular weight is 1080 g/mol. The fourth-order valence-electron chi connectivity index (χ4n) is 9.59. The third-order valence-electron chi connectivity index (χ3n) is 14.7. The zero-order valence-electron chi connectivity index (χ0n) is 51.2. The number of carbonyl (C=O) groups is 3. The van der Waals surface area contributed by atoms with E-state index in [1.807, 2.05) is 0 Å². The Kier molecular flexibility index (Phi) is 62.7. The highest BCUT2D eigenvalue weighted by Gasteiger charge is 2.19. The van der Waals surface area contributed by atoms with E-state index in [0.29, 0.717) is 19.3 Å². The second-order valence-corrected chi connectivity index (χ2v) is 22.4. The van der Waals surface area contributed by atoms with Gasteiger partial charge in [0, 0.05) is 19.3 Å². The first-order valence-electron chi connectivity index (χ1n) is 33.4. The van der Waals surface area contributed by atoms with Crippen LogP contribution in [0.15, 0.2) is 72.9 Å². The molecule has 0 aromatic rings. The molecule has 6 heteroatoms. The molecule has 0 aromatic carbocycles. The number of carbonyl (C=O) groups excluding carboxylic acids is 3. The number of ether oxygens (including phenoxy) is 3. The molecule has 0 spiro atoms. The summed E-state index contributed by atoms with van der Waals surface area (Å²) < 4.78 is 17.0. The Labute approximate surface area is 478 Å². The summed E-state index contributed by atoms with van der Waals surface area (Å²) in [5.74, 6) is -0.880. The topological polar surface area (TPSA) is 78.9 Å². The molecule has 0 heterocycles. The summed E-state index contributed by atoms with van der Waals surface area (Å²) >= 11 is 0. The molecule has 0 N–H and O–H groups in total. The molecule has 0 aliphatic carbocycles. The zero-order chi connectivity index (χ0) is 55.7. The van der Waals surface area contributed by atoms with Gasteiger partial charge in [-0.2, -0.15) is 0 Å². The molecule has 6 nitrogen and oxygen atoms in total. The van der Waals surface area contributed by atoms with Gasteiger partial charge in [0.2, 0.25) is 0 Å². The van der Waals surface area contributed by atoms with Gasteiger partial charge in [0.05, 0.1) is 0 Å². The number of unbranched alkanes of at least 4 members (excludes halogenated alkanes) is 38. The molecule has 0 bridgehead atoms. The molecule has 0 amide bonds. The van der Waals surface area contributed by atoms with Crippen molar-refractivity contribution in [1.82, 2.24) is 0 Å². The number of allylic oxidation sites excluding steroid dienone is 12. The Morgan fingerprint density at radius 3 is 0.740 bits per heavy atom. The third kappa shape index (κ3) is 63.6. The quantitative estimate of drug-likeness (QED) is 0.0261. The van der Waals surface area contributed by atoms with E-state index in [-0.39, 0.29) is 31.1 Å². The average Bonchev–Trinajstić information content (AvgIpc) is 3.43. The molecule has 0 saturated heterocycles. The fourth-order valence-corrected chi connectivity index (χ4v) is 9.59. The zero-order valence-corrected chi connectivity index (χ0v) is 51.2. The minimum absolute atomic E-state index is 0.0798. The predicted molar refractivity (Wildman–Crippen MR) is 335 cm³/mol. The van der Waals surface area contributed by atoms with E-state index in [4.69, 9.17) is 14.2 Å². The highest BCUT2D eigenvalue weighted by atomic mass is 16.6. The van der Waals surface area contributed by atoms with Crippen LogP contribution < -0.4 is 0 Å². The smallest absolute Gasteiger partial charge is 0.306 e. The molecule has 0 radical (unpaired) electrons. The molecule has 0 aliphatic heterocycles. The molecule has 0 saturated carbocycles.